The Morgan fingerprint density at radius 2 is 2.07 bits per heavy atom. The molecule has 80 valence electrons. The highest BCUT2D eigenvalue weighted by molar-refractivity contribution is 5.79. The van der Waals surface area contributed by atoms with Gasteiger partial charge in [-0.2, -0.15) is 0 Å². The van der Waals surface area contributed by atoms with Gasteiger partial charge >= 0.3 is 0 Å². The van der Waals surface area contributed by atoms with Crippen molar-refractivity contribution in [2.75, 3.05) is 19.6 Å². The number of hydrogen-bond donors (Lipinski definition) is 2. The van der Waals surface area contributed by atoms with E-state index in [-0.39, 0.29) is 11.8 Å². The van der Waals surface area contributed by atoms with Gasteiger partial charge in [0.1, 0.15) is 0 Å². The van der Waals surface area contributed by atoms with Crippen molar-refractivity contribution in [3.05, 3.63) is 0 Å². The van der Waals surface area contributed by atoms with Gasteiger partial charge in [0, 0.05) is 19.9 Å². The molecule has 1 aliphatic rings. The molecule has 5 heteroatoms. The first kappa shape index (κ1) is 11.0. The molecule has 5 nitrogen and oxygen atoms in total. The van der Waals surface area contributed by atoms with Crippen molar-refractivity contribution in [3.8, 4) is 0 Å². The van der Waals surface area contributed by atoms with Crippen LogP contribution in [0.15, 0.2) is 0 Å². The quantitative estimate of drug-likeness (QED) is 0.620. The van der Waals surface area contributed by atoms with E-state index in [0.717, 1.165) is 0 Å². The van der Waals surface area contributed by atoms with Crippen molar-refractivity contribution in [3.63, 3.8) is 0 Å². The Bertz CT molecular complexity index is 242. The van der Waals surface area contributed by atoms with E-state index in [1.165, 1.54) is 6.92 Å². The largest absolute Gasteiger partial charge is 0.386 e. The number of likely N-dealkylation sites (tertiary alicyclic amines) is 1. The fourth-order valence-corrected chi connectivity index (χ4v) is 1.46. The Morgan fingerprint density at radius 1 is 1.50 bits per heavy atom. The van der Waals surface area contributed by atoms with Gasteiger partial charge < -0.3 is 15.3 Å². The molecule has 1 saturated heterocycles. The summed E-state index contributed by atoms with van der Waals surface area (Å²) in [6.45, 7) is 4.27. The van der Waals surface area contributed by atoms with Gasteiger partial charge in [-0.3, -0.25) is 9.59 Å². The predicted octanol–water partition coefficient (Wildman–Crippen LogP) is -0.894. The Kier molecular flexibility index (Phi) is 3.10. The molecule has 1 rings (SSSR count). The molecule has 1 aliphatic heterocycles. The molecule has 0 radical (unpaired) electrons. The number of carbonyl (C=O) groups is 2. The van der Waals surface area contributed by atoms with Crippen LogP contribution >= 0.6 is 0 Å². The maximum absolute atomic E-state index is 11.4. The first-order valence-electron chi connectivity index (χ1n) is 4.65. The van der Waals surface area contributed by atoms with Crippen molar-refractivity contribution in [1.29, 1.82) is 0 Å². The lowest BCUT2D eigenvalue weighted by Crippen LogP contribution is -2.61. The topological polar surface area (TPSA) is 69.6 Å². The zero-order valence-corrected chi connectivity index (χ0v) is 8.54. The first-order valence-corrected chi connectivity index (χ1v) is 4.65. The molecular formula is C9H16N2O3. The summed E-state index contributed by atoms with van der Waals surface area (Å²) in [5, 5.41) is 11.9. The van der Waals surface area contributed by atoms with Crippen molar-refractivity contribution in [2.45, 2.75) is 25.9 Å². The van der Waals surface area contributed by atoms with Crippen LogP contribution in [0.25, 0.3) is 0 Å². The molecule has 2 amide bonds. The smallest absolute Gasteiger partial charge is 0.224 e. The van der Waals surface area contributed by atoms with E-state index in [2.05, 4.69) is 5.32 Å². The number of hydrogen-bond acceptors (Lipinski definition) is 3. The van der Waals surface area contributed by atoms with Gasteiger partial charge in [-0.05, 0) is 6.92 Å². The number of amides is 2. The highest BCUT2D eigenvalue weighted by Crippen LogP contribution is 2.19. The van der Waals surface area contributed by atoms with Crippen LogP contribution in [-0.2, 0) is 9.59 Å². The maximum Gasteiger partial charge on any atom is 0.224 e. The molecule has 0 atom stereocenters. The van der Waals surface area contributed by atoms with Crippen molar-refractivity contribution >= 4 is 11.8 Å². The zero-order valence-electron chi connectivity index (χ0n) is 8.54. The lowest BCUT2D eigenvalue weighted by Gasteiger charge is -2.44. The van der Waals surface area contributed by atoms with Gasteiger partial charge in [0.2, 0.25) is 11.8 Å². The Morgan fingerprint density at radius 3 is 2.50 bits per heavy atom. The normalized spacial score (nSPS) is 18.6. The van der Waals surface area contributed by atoms with E-state index >= 15 is 0 Å². The molecule has 0 unspecified atom stereocenters. The van der Waals surface area contributed by atoms with Gasteiger partial charge in [-0.1, -0.05) is 0 Å². The molecule has 0 aromatic carbocycles. The lowest BCUT2D eigenvalue weighted by atomic mass is 9.96. The minimum Gasteiger partial charge on any atom is -0.386 e. The highest BCUT2D eigenvalue weighted by Gasteiger charge is 2.38. The fraction of sp³-hybridized carbons (Fsp3) is 0.778. The van der Waals surface area contributed by atoms with Crippen molar-refractivity contribution < 1.29 is 14.7 Å². The van der Waals surface area contributed by atoms with Crippen LogP contribution in [0.4, 0.5) is 0 Å². The Balaban J connectivity index is 2.15. The Labute approximate surface area is 83.1 Å². The van der Waals surface area contributed by atoms with Crippen LogP contribution in [-0.4, -0.2) is 47.1 Å². The first-order chi connectivity index (χ1) is 6.41. The summed E-state index contributed by atoms with van der Waals surface area (Å²) in [7, 11) is 0. The fourth-order valence-electron chi connectivity index (χ4n) is 1.46. The lowest BCUT2D eigenvalue weighted by molar-refractivity contribution is -0.152. The van der Waals surface area contributed by atoms with E-state index < -0.39 is 5.60 Å². The van der Waals surface area contributed by atoms with Crippen LogP contribution in [0, 0.1) is 0 Å². The van der Waals surface area contributed by atoms with Crippen LogP contribution in [0.5, 0.6) is 0 Å². The monoisotopic (exact) mass is 200 g/mol. The van der Waals surface area contributed by atoms with Crippen LogP contribution in [0.2, 0.25) is 0 Å². The molecular weight excluding hydrogens is 184 g/mol. The number of β-amino-alcohol motifs (C(OH)–C–C–N with tert-alkyl or cyclic N) is 1. The van der Waals surface area contributed by atoms with E-state index in [1.54, 1.807) is 11.8 Å². The van der Waals surface area contributed by atoms with Crippen molar-refractivity contribution in [2.24, 2.45) is 0 Å². The average Bonchev–Trinajstić information content (AvgIpc) is 1.99. The summed E-state index contributed by atoms with van der Waals surface area (Å²) >= 11 is 0. The van der Waals surface area contributed by atoms with E-state index in [9.17, 15) is 14.7 Å². The highest BCUT2D eigenvalue weighted by atomic mass is 16.3. The molecule has 0 spiro atoms. The molecule has 0 aromatic rings. The minimum absolute atomic E-state index is 0.0229. The van der Waals surface area contributed by atoms with Gasteiger partial charge in [0.25, 0.3) is 0 Å². The third-order valence-electron chi connectivity index (χ3n) is 2.13. The van der Waals surface area contributed by atoms with Gasteiger partial charge in [-0.25, -0.2) is 0 Å². The molecule has 0 aromatic heterocycles. The number of rotatable bonds is 3. The zero-order chi connectivity index (χ0) is 10.8. The third kappa shape index (κ3) is 2.99. The number of aliphatic hydroxyl groups is 1. The van der Waals surface area contributed by atoms with Gasteiger partial charge in [0.15, 0.2) is 0 Å². The second-order valence-electron chi connectivity index (χ2n) is 3.98. The third-order valence-corrected chi connectivity index (χ3v) is 2.13. The van der Waals surface area contributed by atoms with Crippen LogP contribution in [0.1, 0.15) is 20.3 Å². The van der Waals surface area contributed by atoms with Gasteiger partial charge in [0.05, 0.1) is 18.7 Å². The van der Waals surface area contributed by atoms with Crippen LogP contribution < -0.4 is 5.32 Å². The van der Waals surface area contributed by atoms with E-state index in [1.807, 2.05) is 0 Å². The molecule has 2 N–H and O–H groups in total. The number of carbonyl (C=O) groups excluding carboxylic acids is 2. The summed E-state index contributed by atoms with van der Waals surface area (Å²) in [6, 6.07) is 0. The second-order valence-corrected chi connectivity index (χ2v) is 3.98. The summed E-state index contributed by atoms with van der Waals surface area (Å²) < 4.78 is 0. The van der Waals surface area contributed by atoms with E-state index in [4.69, 9.17) is 0 Å². The maximum atomic E-state index is 11.4. The molecule has 14 heavy (non-hydrogen) atoms. The molecule has 1 heterocycles. The van der Waals surface area contributed by atoms with Crippen LogP contribution in [0.3, 0.4) is 0 Å². The minimum atomic E-state index is -0.719. The average molecular weight is 200 g/mol. The van der Waals surface area contributed by atoms with Crippen molar-refractivity contribution in [1.82, 2.24) is 10.2 Å². The predicted molar refractivity (Wildman–Crippen MR) is 50.5 cm³/mol. The molecule has 1 fully saturated rings. The SMILES string of the molecule is CC(=O)NCCC(=O)N1CC(C)(O)C1. The second kappa shape index (κ2) is 3.96. The summed E-state index contributed by atoms with van der Waals surface area (Å²) in [4.78, 5) is 23.4. The summed E-state index contributed by atoms with van der Waals surface area (Å²) in [5.41, 5.74) is -0.719. The number of nitrogens with one attached hydrogen (secondary N) is 1. The number of nitrogens with zero attached hydrogens (tertiary/aromatic N) is 1. The van der Waals surface area contributed by atoms with E-state index in [0.29, 0.717) is 26.1 Å². The summed E-state index contributed by atoms with van der Waals surface area (Å²) in [6.07, 6.45) is 0.301. The van der Waals surface area contributed by atoms with Gasteiger partial charge in [-0.15, -0.1) is 0 Å². The molecule has 0 saturated carbocycles. The molecule has 0 aliphatic carbocycles. The summed E-state index contributed by atoms with van der Waals surface area (Å²) in [5.74, 6) is -0.154. The Hall–Kier alpha value is -1.10. The standard InChI is InChI=1S/C9H16N2O3/c1-7(12)10-4-3-8(13)11-5-9(2,14)6-11/h14H,3-6H2,1-2H3,(H,10,12). The molecule has 0 bridgehead atoms.